The number of anilines is 1. The molecule has 1 aliphatic rings. The third kappa shape index (κ3) is 3.11. The van der Waals surface area contributed by atoms with E-state index in [2.05, 4.69) is 0 Å². The van der Waals surface area contributed by atoms with Crippen molar-refractivity contribution in [3.63, 3.8) is 0 Å². The average molecular weight is 355 g/mol. The summed E-state index contributed by atoms with van der Waals surface area (Å²) < 4.78 is 0.489. The van der Waals surface area contributed by atoms with E-state index in [4.69, 9.17) is 17.3 Å². The molecule has 2 aromatic carbocycles. The summed E-state index contributed by atoms with van der Waals surface area (Å²) in [5, 5.41) is 8.93. The van der Waals surface area contributed by atoms with E-state index in [1.54, 1.807) is 18.2 Å². The number of aryl methyl sites for hydroxylation is 1. The molecule has 4 nitrogen and oxygen atoms in total. The molecule has 2 aromatic rings. The zero-order valence-electron chi connectivity index (χ0n) is 12.7. The number of thioether (sulfide) groups is 1. The molecule has 0 atom stereocenters. The number of carbonyl (C=O) groups excluding carboxylic acids is 1. The number of amides is 1. The normalized spacial score (nSPS) is 16.0. The van der Waals surface area contributed by atoms with E-state index in [0.717, 1.165) is 16.8 Å². The van der Waals surface area contributed by atoms with E-state index in [1.165, 1.54) is 28.8 Å². The summed E-state index contributed by atoms with van der Waals surface area (Å²) in [7, 11) is 0. The minimum absolute atomic E-state index is 0.165. The van der Waals surface area contributed by atoms with Gasteiger partial charge >= 0.3 is 5.97 Å². The largest absolute Gasteiger partial charge is 0.478 e. The molecule has 1 aliphatic heterocycles. The Kier molecular flexibility index (Phi) is 4.51. The number of para-hydroxylation sites is 1. The topological polar surface area (TPSA) is 57.6 Å². The first-order valence-corrected chi connectivity index (χ1v) is 8.37. The Morgan fingerprint density at radius 2 is 1.83 bits per heavy atom. The highest BCUT2D eigenvalue weighted by molar-refractivity contribution is 8.27. The number of rotatable bonds is 3. The Labute approximate surface area is 148 Å². The molecular formula is C18H13NO3S2. The molecule has 0 bridgehead atoms. The molecule has 1 saturated heterocycles. The molecule has 24 heavy (non-hydrogen) atoms. The van der Waals surface area contributed by atoms with Crippen molar-refractivity contribution in [3.05, 3.63) is 70.1 Å². The van der Waals surface area contributed by atoms with Gasteiger partial charge in [0.2, 0.25) is 0 Å². The van der Waals surface area contributed by atoms with Crippen LogP contribution in [-0.4, -0.2) is 21.3 Å². The summed E-state index contributed by atoms with van der Waals surface area (Å²) in [5.74, 6) is -1.14. The van der Waals surface area contributed by atoms with Crippen LogP contribution in [0.1, 0.15) is 21.5 Å². The van der Waals surface area contributed by atoms with Crippen LogP contribution in [0.3, 0.4) is 0 Å². The number of benzene rings is 2. The molecule has 0 radical (unpaired) electrons. The van der Waals surface area contributed by atoms with Gasteiger partial charge in [0.05, 0.1) is 16.2 Å². The summed E-state index contributed by atoms with van der Waals surface area (Å²) in [5.41, 5.74) is 2.72. The number of nitrogens with zero attached hydrogens (tertiary/aromatic N) is 1. The van der Waals surface area contributed by atoms with Crippen molar-refractivity contribution in [3.8, 4) is 0 Å². The van der Waals surface area contributed by atoms with Crippen molar-refractivity contribution >= 4 is 51.9 Å². The van der Waals surface area contributed by atoms with Gasteiger partial charge in [-0.15, -0.1) is 0 Å². The van der Waals surface area contributed by atoms with Crippen LogP contribution >= 0.6 is 24.0 Å². The molecule has 1 amide bonds. The lowest BCUT2D eigenvalue weighted by Crippen LogP contribution is -2.28. The smallest absolute Gasteiger partial charge is 0.335 e. The van der Waals surface area contributed by atoms with Gasteiger partial charge in [0.25, 0.3) is 5.91 Å². The van der Waals surface area contributed by atoms with Crippen LogP contribution in [0.2, 0.25) is 0 Å². The van der Waals surface area contributed by atoms with E-state index in [9.17, 15) is 9.59 Å². The highest BCUT2D eigenvalue weighted by Crippen LogP contribution is 2.37. The molecule has 0 saturated carbocycles. The molecule has 120 valence electrons. The number of hydrogen-bond acceptors (Lipinski definition) is 4. The van der Waals surface area contributed by atoms with Gasteiger partial charge in [-0.05, 0) is 42.3 Å². The summed E-state index contributed by atoms with van der Waals surface area (Å²) in [4.78, 5) is 25.6. The van der Waals surface area contributed by atoms with Gasteiger partial charge < -0.3 is 5.11 Å². The van der Waals surface area contributed by atoms with Gasteiger partial charge in [0.1, 0.15) is 0 Å². The standard InChI is InChI=1S/C18H13NO3S2/c1-11-4-2-3-5-14(11)19-16(20)15(24-18(19)23)10-12-6-8-13(9-7-12)17(21)22/h2-10H,1H3,(H,21,22)/b15-10+. The van der Waals surface area contributed by atoms with E-state index in [0.29, 0.717) is 9.23 Å². The van der Waals surface area contributed by atoms with Gasteiger partial charge in [-0.3, -0.25) is 9.69 Å². The average Bonchev–Trinajstić information content (AvgIpc) is 2.83. The third-order valence-corrected chi connectivity index (χ3v) is 4.91. The molecular weight excluding hydrogens is 342 g/mol. The maximum absolute atomic E-state index is 12.7. The van der Waals surface area contributed by atoms with Crippen molar-refractivity contribution in [2.45, 2.75) is 6.92 Å². The minimum atomic E-state index is -0.979. The second-order valence-electron chi connectivity index (χ2n) is 5.23. The van der Waals surface area contributed by atoms with Gasteiger partial charge in [-0.25, -0.2) is 4.79 Å². The van der Waals surface area contributed by atoms with Crippen LogP contribution in [0, 0.1) is 6.92 Å². The summed E-state index contributed by atoms with van der Waals surface area (Å²) in [6.07, 6.45) is 1.73. The lowest BCUT2D eigenvalue weighted by Gasteiger charge is -2.16. The first-order chi connectivity index (χ1) is 11.5. The fraction of sp³-hybridized carbons (Fsp3) is 0.0556. The second-order valence-corrected chi connectivity index (χ2v) is 6.91. The Hall–Kier alpha value is -2.44. The van der Waals surface area contributed by atoms with Crippen LogP contribution in [0.15, 0.2) is 53.4 Å². The monoisotopic (exact) mass is 355 g/mol. The highest BCUT2D eigenvalue weighted by atomic mass is 32.2. The van der Waals surface area contributed by atoms with Crippen LogP contribution in [0.4, 0.5) is 5.69 Å². The molecule has 0 unspecified atom stereocenters. The predicted octanol–water partition coefficient (Wildman–Crippen LogP) is 4.10. The number of carboxylic acid groups (broad SMARTS) is 1. The minimum Gasteiger partial charge on any atom is -0.478 e. The molecule has 1 fully saturated rings. The van der Waals surface area contributed by atoms with Gasteiger partial charge in [0, 0.05) is 0 Å². The molecule has 1 N–H and O–H groups in total. The number of thiocarbonyl (C=S) groups is 1. The van der Waals surface area contributed by atoms with Gasteiger partial charge in [0.15, 0.2) is 4.32 Å². The van der Waals surface area contributed by atoms with E-state index in [-0.39, 0.29) is 11.5 Å². The Morgan fingerprint density at radius 1 is 1.17 bits per heavy atom. The van der Waals surface area contributed by atoms with Crippen molar-refractivity contribution in [1.82, 2.24) is 0 Å². The fourth-order valence-corrected chi connectivity index (χ4v) is 3.65. The maximum atomic E-state index is 12.7. The van der Waals surface area contributed by atoms with Crippen LogP contribution in [0.5, 0.6) is 0 Å². The van der Waals surface area contributed by atoms with Crippen molar-refractivity contribution in [2.75, 3.05) is 4.90 Å². The SMILES string of the molecule is Cc1ccccc1N1C(=O)/C(=C\c2ccc(C(=O)O)cc2)SC1=S. The Morgan fingerprint density at radius 3 is 2.46 bits per heavy atom. The predicted molar refractivity (Wildman–Crippen MR) is 100 cm³/mol. The van der Waals surface area contributed by atoms with E-state index < -0.39 is 5.97 Å². The third-order valence-electron chi connectivity index (χ3n) is 3.61. The van der Waals surface area contributed by atoms with E-state index in [1.807, 2.05) is 31.2 Å². The molecule has 1 heterocycles. The van der Waals surface area contributed by atoms with Crippen LogP contribution in [-0.2, 0) is 4.79 Å². The zero-order chi connectivity index (χ0) is 17.3. The van der Waals surface area contributed by atoms with Crippen LogP contribution < -0.4 is 4.90 Å². The number of hydrogen-bond donors (Lipinski definition) is 1. The van der Waals surface area contributed by atoms with E-state index >= 15 is 0 Å². The van der Waals surface area contributed by atoms with Crippen LogP contribution in [0.25, 0.3) is 6.08 Å². The Bertz CT molecular complexity index is 872. The van der Waals surface area contributed by atoms with Gasteiger partial charge in [-0.1, -0.05) is 54.3 Å². The summed E-state index contributed by atoms with van der Waals surface area (Å²) >= 11 is 6.60. The highest BCUT2D eigenvalue weighted by Gasteiger charge is 2.33. The second kappa shape index (κ2) is 6.59. The first kappa shape index (κ1) is 16.4. The maximum Gasteiger partial charge on any atom is 0.335 e. The summed E-state index contributed by atoms with van der Waals surface area (Å²) in [6, 6.07) is 13.9. The number of carbonyl (C=O) groups is 2. The number of aromatic carboxylic acids is 1. The van der Waals surface area contributed by atoms with Gasteiger partial charge in [-0.2, -0.15) is 0 Å². The van der Waals surface area contributed by atoms with Crippen molar-refractivity contribution < 1.29 is 14.7 Å². The van der Waals surface area contributed by atoms with Crippen molar-refractivity contribution in [2.24, 2.45) is 0 Å². The quantitative estimate of drug-likeness (QED) is 0.663. The lowest BCUT2D eigenvalue weighted by atomic mass is 10.1. The van der Waals surface area contributed by atoms with Crippen molar-refractivity contribution in [1.29, 1.82) is 0 Å². The molecule has 0 aromatic heterocycles. The first-order valence-electron chi connectivity index (χ1n) is 7.14. The Balaban J connectivity index is 1.91. The molecule has 3 rings (SSSR count). The number of carboxylic acids is 1. The fourth-order valence-electron chi connectivity index (χ4n) is 2.36. The molecule has 0 spiro atoms. The molecule has 0 aliphatic carbocycles. The summed E-state index contributed by atoms with van der Waals surface area (Å²) in [6.45, 7) is 1.93. The lowest BCUT2D eigenvalue weighted by molar-refractivity contribution is -0.113. The molecule has 6 heteroatoms. The zero-order valence-corrected chi connectivity index (χ0v) is 14.4.